The van der Waals surface area contributed by atoms with Gasteiger partial charge in [0.2, 0.25) is 0 Å². The van der Waals surface area contributed by atoms with E-state index in [1.165, 1.54) is 5.56 Å². The first-order valence-electron chi connectivity index (χ1n) is 13.7. The molecule has 1 aromatic heterocycles. The van der Waals surface area contributed by atoms with Crippen LogP contribution >= 0.6 is 0 Å². The maximum absolute atomic E-state index is 12.6. The van der Waals surface area contributed by atoms with E-state index in [-0.39, 0.29) is 17.8 Å². The first-order chi connectivity index (χ1) is 17.3. The predicted octanol–water partition coefficient (Wildman–Crippen LogP) is 6.13. The van der Waals surface area contributed by atoms with Gasteiger partial charge in [0, 0.05) is 26.1 Å². The molecule has 1 fully saturated rings. The largest absolute Gasteiger partial charge is 0.460 e. The Morgan fingerprint density at radius 2 is 1.54 bits per heavy atom. The summed E-state index contributed by atoms with van der Waals surface area (Å²) in [5.41, 5.74) is 2.03. The number of benzene rings is 1. The number of aromatic amines is 1. The summed E-state index contributed by atoms with van der Waals surface area (Å²) in [6.45, 7) is 13.3. The number of ether oxygens (including phenoxy) is 2. The third-order valence-electron chi connectivity index (χ3n) is 6.60. The van der Waals surface area contributed by atoms with Crippen LogP contribution in [-0.2, 0) is 20.8 Å². The molecule has 1 N–H and O–H groups in total. The standard InChI is InChI=1S/C29H45N3O5/c1-28(2,3)36-25(33)12-10-8-7-9-11-17-32-24-20-22(13-14-23(24)30-26(32)34)21-15-18-31(19-16-21)27(35)37-29(4,5)6/h13-14,20-21H,7-12,15-19H2,1-6H3,(H,30,34). The number of hydrogen-bond donors (Lipinski definition) is 1. The molecule has 37 heavy (non-hydrogen) atoms. The summed E-state index contributed by atoms with van der Waals surface area (Å²) in [7, 11) is 0. The Morgan fingerprint density at radius 3 is 2.19 bits per heavy atom. The molecule has 2 heterocycles. The lowest BCUT2D eigenvalue weighted by molar-refractivity contribution is -0.154. The van der Waals surface area contributed by atoms with Crippen LogP contribution in [0.3, 0.4) is 0 Å². The first kappa shape index (κ1) is 28.8. The number of imidazole rings is 1. The van der Waals surface area contributed by atoms with E-state index in [1.54, 1.807) is 4.90 Å². The molecule has 0 saturated carbocycles. The molecule has 0 bridgehead atoms. The smallest absolute Gasteiger partial charge is 0.410 e. The number of aromatic nitrogens is 2. The van der Waals surface area contributed by atoms with Gasteiger partial charge in [-0.1, -0.05) is 25.3 Å². The van der Waals surface area contributed by atoms with Crippen LogP contribution in [0, 0.1) is 0 Å². The van der Waals surface area contributed by atoms with Crippen molar-refractivity contribution in [1.82, 2.24) is 14.5 Å². The normalized spacial score (nSPS) is 15.2. The number of carbonyl (C=O) groups excluding carboxylic acids is 2. The summed E-state index contributed by atoms with van der Waals surface area (Å²) in [6, 6.07) is 6.24. The van der Waals surface area contributed by atoms with E-state index in [4.69, 9.17) is 9.47 Å². The van der Waals surface area contributed by atoms with Crippen molar-refractivity contribution >= 4 is 23.1 Å². The topological polar surface area (TPSA) is 93.6 Å². The van der Waals surface area contributed by atoms with Crippen LogP contribution in [0.4, 0.5) is 4.79 Å². The number of esters is 1. The third kappa shape index (κ3) is 8.93. The molecule has 8 nitrogen and oxygen atoms in total. The quantitative estimate of drug-likeness (QED) is 0.320. The number of piperidine rings is 1. The van der Waals surface area contributed by atoms with Gasteiger partial charge >= 0.3 is 17.8 Å². The van der Waals surface area contributed by atoms with Crippen LogP contribution in [0.5, 0.6) is 0 Å². The van der Waals surface area contributed by atoms with Gasteiger partial charge in [-0.25, -0.2) is 9.59 Å². The van der Waals surface area contributed by atoms with E-state index in [1.807, 2.05) is 52.2 Å². The molecule has 0 aliphatic carbocycles. The number of aryl methyl sites for hydroxylation is 1. The fourth-order valence-electron chi connectivity index (χ4n) is 4.83. The Hall–Kier alpha value is -2.77. The molecule has 1 aromatic carbocycles. The summed E-state index contributed by atoms with van der Waals surface area (Å²) in [5.74, 6) is 0.218. The molecule has 0 radical (unpaired) electrons. The lowest BCUT2D eigenvalue weighted by Crippen LogP contribution is -2.41. The highest BCUT2D eigenvalue weighted by molar-refractivity contribution is 5.76. The molecule has 2 aromatic rings. The van der Waals surface area contributed by atoms with Gasteiger partial charge in [0.15, 0.2) is 0 Å². The monoisotopic (exact) mass is 515 g/mol. The van der Waals surface area contributed by atoms with E-state index in [9.17, 15) is 14.4 Å². The number of likely N-dealkylation sites (tertiary alicyclic amines) is 1. The minimum Gasteiger partial charge on any atom is -0.460 e. The molecule has 1 aliphatic rings. The Balaban J connectivity index is 1.48. The molecule has 206 valence electrons. The number of nitrogens with zero attached hydrogens (tertiary/aromatic N) is 2. The highest BCUT2D eigenvalue weighted by Gasteiger charge is 2.27. The van der Waals surface area contributed by atoms with Crippen molar-refractivity contribution in [1.29, 1.82) is 0 Å². The van der Waals surface area contributed by atoms with E-state index in [0.717, 1.165) is 56.0 Å². The fourth-order valence-corrected chi connectivity index (χ4v) is 4.83. The predicted molar refractivity (Wildman–Crippen MR) is 146 cm³/mol. The van der Waals surface area contributed by atoms with Crippen LogP contribution in [0.15, 0.2) is 23.0 Å². The Kier molecular flexibility index (Phi) is 9.48. The summed E-state index contributed by atoms with van der Waals surface area (Å²) < 4.78 is 12.7. The number of H-pyrrole nitrogens is 1. The van der Waals surface area contributed by atoms with Crippen LogP contribution in [0.25, 0.3) is 11.0 Å². The van der Waals surface area contributed by atoms with Gasteiger partial charge in [-0.15, -0.1) is 0 Å². The molecule has 0 atom stereocenters. The molecule has 1 aliphatic heterocycles. The zero-order chi connectivity index (χ0) is 27.2. The SMILES string of the molecule is CC(C)(C)OC(=O)CCCCCCCn1c(=O)[nH]c2ccc(C3CCN(C(=O)OC(C)(C)C)CC3)cc21. The Bertz CT molecular complexity index is 1110. The second kappa shape index (κ2) is 12.2. The van der Waals surface area contributed by atoms with Gasteiger partial charge in [-0.05, 0) is 90.8 Å². The maximum Gasteiger partial charge on any atom is 0.410 e. The number of unbranched alkanes of at least 4 members (excludes halogenated alkanes) is 4. The molecular weight excluding hydrogens is 470 g/mol. The van der Waals surface area contributed by atoms with Gasteiger partial charge in [-0.2, -0.15) is 0 Å². The third-order valence-corrected chi connectivity index (χ3v) is 6.60. The van der Waals surface area contributed by atoms with Crippen molar-refractivity contribution in [2.24, 2.45) is 0 Å². The average molecular weight is 516 g/mol. The molecule has 1 saturated heterocycles. The van der Waals surface area contributed by atoms with E-state index < -0.39 is 11.2 Å². The van der Waals surface area contributed by atoms with Crippen LogP contribution in [0.2, 0.25) is 0 Å². The van der Waals surface area contributed by atoms with Gasteiger partial charge < -0.3 is 19.4 Å². The van der Waals surface area contributed by atoms with E-state index >= 15 is 0 Å². The number of carbonyl (C=O) groups is 2. The maximum atomic E-state index is 12.6. The number of rotatable bonds is 9. The summed E-state index contributed by atoms with van der Waals surface area (Å²) in [5, 5.41) is 0. The van der Waals surface area contributed by atoms with E-state index in [2.05, 4.69) is 17.1 Å². The number of amides is 1. The molecule has 0 spiro atoms. The fraction of sp³-hybridized carbons (Fsp3) is 0.690. The van der Waals surface area contributed by atoms with Crippen molar-refractivity contribution in [3.63, 3.8) is 0 Å². The van der Waals surface area contributed by atoms with Crippen LogP contribution in [0.1, 0.15) is 104 Å². The zero-order valence-electron chi connectivity index (χ0n) is 23.5. The molecule has 0 unspecified atom stereocenters. The average Bonchev–Trinajstić information content (AvgIpc) is 3.10. The van der Waals surface area contributed by atoms with Gasteiger partial charge in [-0.3, -0.25) is 9.36 Å². The zero-order valence-corrected chi connectivity index (χ0v) is 23.5. The second-order valence-corrected chi connectivity index (χ2v) is 12.2. The number of hydrogen-bond acceptors (Lipinski definition) is 5. The molecular formula is C29H45N3O5. The van der Waals surface area contributed by atoms with Gasteiger partial charge in [0.05, 0.1) is 11.0 Å². The molecule has 3 rings (SSSR count). The van der Waals surface area contributed by atoms with Crippen LogP contribution < -0.4 is 5.69 Å². The molecule has 8 heteroatoms. The lowest BCUT2D eigenvalue weighted by atomic mass is 9.89. The number of fused-ring (bicyclic) bond motifs is 1. The summed E-state index contributed by atoms with van der Waals surface area (Å²) >= 11 is 0. The highest BCUT2D eigenvalue weighted by atomic mass is 16.6. The van der Waals surface area contributed by atoms with Crippen LogP contribution in [-0.4, -0.2) is 50.8 Å². The Morgan fingerprint density at radius 1 is 0.919 bits per heavy atom. The molecule has 1 amide bonds. The summed E-state index contributed by atoms with van der Waals surface area (Å²) in [4.78, 5) is 41.6. The van der Waals surface area contributed by atoms with Crippen molar-refractivity contribution in [3.05, 3.63) is 34.2 Å². The minimum atomic E-state index is -0.489. The van der Waals surface area contributed by atoms with Crippen molar-refractivity contribution in [3.8, 4) is 0 Å². The highest BCUT2D eigenvalue weighted by Crippen LogP contribution is 2.30. The Labute approximate surface area is 220 Å². The van der Waals surface area contributed by atoms with Crippen molar-refractivity contribution in [2.45, 2.75) is 117 Å². The first-order valence-corrected chi connectivity index (χ1v) is 13.7. The minimum absolute atomic E-state index is 0.0724. The second-order valence-electron chi connectivity index (χ2n) is 12.2. The van der Waals surface area contributed by atoms with Crippen molar-refractivity contribution < 1.29 is 19.1 Å². The van der Waals surface area contributed by atoms with Gasteiger partial charge in [0.25, 0.3) is 0 Å². The van der Waals surface area contributed by atoms with Gasteiger partial charge in [0.1, 0.15) is 11.2 Å². The number of nitrogens with one attached hydrogen (secondary N) is 1. The lowest BCUT2D eigenvalue weighted by Gasteiger charge is -2.33. The van der Waals surface area contributed by atoms with Crippen molar-refractivity contribution in [2.75, 3.05) is 13.1 Å². The van der Waals surface area contributed by atoms with E-state index in [0.29, 0.717) is 32.0 Å². The summed E-state index contributed by atoms with van der Waals surface area (Å²) in [6.07, 6.45) is 6.73.